The second-order valence-electron chi connectivity index (χ2n) is 8.21. The van der Waals surface area contributed by atoms with Gasteiger partial charge in [0, 0.05) is 17.5 Å². The Kier molecular flexibility index (Phi) is 6.56. The molecule has 1 fully saturated rings. The fraction of sp³-hybridized carbons (Fsp3) is 0.458. The molecule has 0 radical (unpaired) electrons. The lowest BCUT2D eigenvalue weighted by atomic mass is 9.95. The molecular weight excluding hydrogens is 382 g/mol. The molecule has 1 saturated heterocycles. The minimum absolute atomic E-state index is 0.179. The average molecular weight is 414 g/mol. The molecule has 0 aromatic heterocycles. The Hall–Kier alpha value is -2.73. The average Bonchev–Trinajstić information content (AvgIpc) is 2.91. The molecule has 162 valence electrons. The van der Waals surface area contributed by atoms with E-state index in [1.807, 2.05) is 30.3 Å². The number of hydrogen-bond donors (Lipinski definition) is 1. The molecule has 1 atom stereocenters. The van der Waals surface area contributed by atoms with E-state index in [2.05, 4.69) is 19.2 Å². The standard InChI is InChI=1S/C24H31NO5/c1-23(2)13-9-10-14-24(25-23,18-11-7-6-8-12-18)30-22(26)17-15-19(27-3)21(29-5)20(16-17)28-4/h6-8,11-12,15-16,25H,9-10,13-14H2,1-5H3. The molecule has 0 saturated carbocycles. The third-order valence-corrected chi connectivity index (χ3v) is 5.53. The van der Waals surface area contributed by atoms with Crippen molar-refractivity contribution in [2.75, 3.05) is 21.3 Å². The van der Waals surface area contributed by atoms with Gasteiger partial charge < -0.3 is 18.9 Å². The Morgan fingerprint density at radius 2 is 1.50 bits per heavy atom. The van der Waals surface area contributed by atoms with Crippen molar-refractivity contribution in [3.05, 3.63) is 53.6 Å². The van der Waals surface area contributed by atoms with E-state index in [1.54, 1.807) is 12.1 Å². The Balaban J connectivity index is 2.02. The molecule has 1 aliphatic rings. The van der Waals surface area contributed by atoms with Crippen LogP contribution in [0.2, 0.25) is 0 Å². The maximum Gasteiger partial charge on any atom is 0.340 e. The number of hydrogen-bond acceptors (Lipinski definition) is 6. The van der Waals surface area contributed by atoms with Gasteiger partial charge in [-0.25, -0.2) is 4.79 Å². The quantitative estimate of drug-likeness (QED) is 0.695. The van der Waals surface area contributed by atoms with Crippen LogP contribution in [0.1, 0.15) is 55.5 Å². The second-order valence-corrected chi connectivity index (χ2v) is 8.21. The van der Waals surface area contributed by atoms with Crippen molar-refractivity contribution in [3.8, 4) is 17.2 Å². The van der Waals surface area contributed by atoms with Gasteiger partial charge in [0.05, 0.1) is 26.9 Å². The van der Waals surface area contributed by atoms with Crippen LogP contribution in [0.15, 0.2) is 42.5 Å². The van der Waals surface area contributed by atoms with Crippen molar-refractivity contribution in [3.63, 3.8) is 0 Å². The molecule has 1 unspecified atom stereocenters. The molecule has 30 heavy (non-hydrogen) atoms. The van der Waals surface area contributed by atoms with E-state index in [-0.39, 0.29) is 5.54 Å². The number of esters is 1. The third-order valence-electron chi connectivity index (χ3n) is 5.53. The maximum atomic E-state index is 13.3. The molecule has 2 aromatic carbocycles. The van der Waals surface area contributed by atoms with Crippen molar-refractivity contribution in [1.82, 2.24) is 5.32 Å². The number of benzene rings is 2. The van der Waals surface area contributed by atoms with Crippen molar-refractivity contribution >= 4 is 5.97 Å². The maximum absolute atomic E-state index is 13.3. The number of carbonyl (C=O) groups is 1. The fourth-order valence-electron chi connectivity index (χ4n) is 4.09. The summed E-state index contributed by atoms with van der Waals surface area (Å²) in [6, 6.07) is 13.1. The second kappa shape index (κ2) is 8.96. The van der Waals surface area contributed by atoms with Crippen molar-refractivity contribution in [2.24, 2.45) is 0 Å². The molecule has 6 nitrogen and oxygen atoms in total. The predicted molar refractivity (Wildman–Crippen MR) is 115 cm³/mol. The molecule has 1 heterocycles. The highest BCUT2D eigenvalue weighted by Gasteiger charge is 2.42. The molecule has 0 spiro atoms. The summed E-state index contributed by atoms with van der Waals surface area (Å²) in [6.45, 7) is 4.28. The zero-order valence-corrected chi connectivity index (χ0v) is 18.4. The zero-order chi connectivity index (χ0) is 21.8. The Labute approximate surface area is 178 Å². The van der Waals surface area contributed by atoms with Crippen LogP contribution in [0.25, 0.3) is 0 Å². The van der Waals surface area contributed by atoms with Crippen LogP contribution in [-0.4, -0.2) is 32.8 Å². The van der Waals surface area contributed by atoms with Gasteiger partial charge in [-0.2, -0.15) is 0 Å². The summed E-state index contributed by atoms with van der Waals surface area (Å²) in [5, 5.41) is 3.64. The largest absolute Gasteiger partial charge is 0.493 e. The molecule has 1 aliphatic heterocycles. The number of nitrogens with one attached hydrogen (secondary N) is 1. The number of carbonyl (C=O) groups excluding carboxylic acids is 1. The van der Waals surface area contributed by atoms with E-state index < -0.39 is 11.7 Å². The molecule has 6 heteroatoms. The SMILES string of the molecule is COc1cc(C(=O)OC2(c3ccccc3)CCCCC(C)(C)N2)cc(OC)c1OC. The van der Waals surface area contributed by atoms with Crippen LogP contribution in [0, 0.1) is 0 Å². The van der Waals surface area contributed by atoms with Gasteiger partial charge in [0.2, 0.25) is 5.75 Å². The summed E-state index contributed by atoms with van der Waals surface area (Å²) in [4.78, 5) is 13.3. The first kappa shape index (κ1) is 22.0. The van der Waals surface area contributed by atoms with Gasteiger partial charge in [-0.3, -0.25) is 5.32 Å². The number of rotatable bonds is 6. The highest BCUT2D eigenvalue weighted by atomic mass is 16.6. The van der Waals surface area contributed by atoms with Gasteiger partial charge in [0.15, 0.2) is 17.2 Å². The van der Waals surface area contributed by atoms with Gasteiger partial charge in [0.1, 0.15) is 0 Å². The normalized spacial score (nSPS) is 20.7. The van der Waals surface area contributed by atoms with Gasteiger partial charge in [-0.05, 0) is 38.8 Å². The summed E-state index contributed by atoms with van der Waals surface area (Å²) < 4.78 is 22.4. The van der Waals surface area contributed by atoms with Crippen molar-refractivity contribution < 1.29 is 23.7 Å². The summed E-state index contributed by atoms with van der Waals surface area (Å²) in [6.07, 6.45) is 3.71. The number of ether oxygens (including phenoxy) is 4. The summed E-state index contributed by atoms with van der Waals surface area (Å²) in [5.41, 5.74) is 0.171. The van der Waals surface area contributed by atoms with Crippen molar-refractivity contribution in [1.29, 1.82) is 0 Å². The zero-order valence-electron chi connectivity index (χ0n) is 18.4. The lowest BCUT2D eigenvalue weighted by Crippen LogP contribution is -2.54. The van der Waals surface area contributed by atoms with Crippen LogP contribution < -0.4 is 19.5 Å². The van der Waals surface area contributed by atoms with Crippen LogP contribution in [0.3, 0.4) is 0 Å². The Morgan fingerprint density at radius 3 is 2.07 bits per heavy atom. The molecular formula is C24H31NO5. The third kappa shape index (κ3) is 4.54. The minimum Gasteiger partial charge on any atom is -0.493 e. The molecule has 0 amide bonds. The topological polar surface area (TPSA) is 66.0 Å². The van der Waals surface area contributed by atoms with E-state index in [4.69, 9.17) is 18.9 Å². The van der Waals surface area contributed by atoms with Gasteiger partial charge in [-0.1, -0.05) is 36.8 Å². The number of methoxy groups -OCH3 is 3. The van der Waals surface area contributed by atoms with Crippen LogP contribution in [0.4, 0.5) is 0 Å². The van der Waals surface area contributed by atoms with Crippen molar-refractivity contribution in [2.45, 2.75) is 50.8 Å². The first-order chi connectivity index (χ1) is 14.3. The molecule has 0 aliphatic carbocycles. The lowest BCUT2D eigenvalue weighted by Gasteiger charge is -2.39. The highest BCUT2D eigenvalue weighted by molar-refractivity contribution is 5.91. The van der Waals surface area contributed by atoms with Crippen LogP contribution >= 0.6 is 0 Å². The fourth-order valence-corrected chi connectivity index (χ4v) is 4.09. The van der Waals surface area contributed by atoms with Gasteiger partial charge in [-0.15, -0.1) is 0 Å². The van der Waals surface area contributed by atoms with Crippen LogP contribution in [0.5, 0.6) is 17.2 Å². The van der Waals surface area contributed by atoms with E-state index >= 15 is 0 Å². The summed E-state index contributed by atoms with van der Waals surface area (Å²) >= 11 is 0. The highest BCUT2D eigenvalue weighted by Crippen LogP contribution is 2.40. The first-order valence-corrected chi connectivity index (χ1v) is 10.2. The minimum atomic E-state index is -0.918. The molecule has 0 bridgehead atoms. The van der Waals surface area contributed by atoms with E-state index in [0.29, 0.717) is 29.2 Å². The lowest BCUT2D eigenvalue weighted by molar-refractivity contribution is -0.0579. The van der Waals surface area contributed by atoms with Crippen LogP contribution in [-0.2, 0) is 10.5 Å². The van der Waals surface area contributed by atoms with Gasteiger partial charge >= 0.3 is 5.97 Å². The predicted octanol–water partition coefficient (Wildman–Crippen LogP) is 4.66. The molecule has 2 aromatic rings. The Bertz CT molecular complexity index is 855. The molecule has 1 N–H and O–H groups in total. The first-order valence-electron chi connectivity index (χ1n) is 10.2. The molecule has 3 rings (SSSR count). The van der Waals surface area contributed by atoms with Gasteiger partial charge in [0.25, 0.3) is 0 Å². The van der Waals surface area contributed by atoms with E-state index in [1.165, 1.54) is 21.3 Å². The Morgan fingerprint density at radius 1 is 0.900 bits per heavy atom. The van der Waals surface area contributed by atoms with E-state index in [9.17, 15) is 4.79 Å². The summed E-state index contributed by atoms with van der Waals surface area (Å²) in [5.74, 6) is 0.796. The monoisotopic (exact) mass is 413 g/mol. The smallest absolute Gasteiger partial charge is 0.340 e. The summed E-state index contributed by atoms with van der Waals surface area (Å²) in [7, 11) is 4.57. The van der Waals surface area contributed by atoms with E-state index in [0.717, 1.165) is 24.8 Å².